The molecule has 1 aromatic rings. The van der Waals surface area contributed by atoms with E-state index in [1.807, 2.05) is 11.8 Å². The zero-order chi connectivity index (χ0) is 13.8. The molecule has 1 fully saturated rings. The minimum absolute atomic E-state index is 0.0738. The van der Waals surface area contributed by atoms with Crippen molar-refractivity contribution in [2.24, 2.45) is 0 Å². The molecule has 0 radical (unpaired) electrons. The number of carboxylic acid groups (broad SMARTS) is 1. The summed E-state index contributed by atoms with van der Waals surface area (Å²) in [7, 11) is 0. The maximum Gasteiger partial charge on any atom is 0.335 e. The van der Waals surface area contributed by atoms with Gasteiger partial charge in [0.1, 0.15) is 5.69 Å². The Morgan fingerprint density at radius 1 is 1.53 bits per heavy atom. The van der Waals surface area contributed by atoms with Crippen LogP contribution in [0.25, 0.3) is 0 Å². The van der Waals surface area contributed by atoms with Crippen LogP contribution in [0.5, 0.6) is 0 Å². The largest absolute Gasteiger partial charge is 0.478 e. The third-order valence-electron chi connectivity index (χ3n) is 2.96. The van der Waals surface area contributed by atoms with Crippen LogP contribution in [0.1, 0.15) is 23.2 Å². The van der Waals surface area contributed by atoms with Crippen molar-refractivity contribution >= 4 is 29.1 Å². The van der Waals surface area contributed by atoms with E-state index in [4.69, 9.17) is 5.11 Å². The van der Waals surface area contributed by atoms with Gasteiger partial charge in [-0.15, -0.1) is 0 Å². The Balaban J connectivity index is 2.23. The number of benzene rings is 1. The zero-order valence-electron chi connectivity index (χ0n) is 10.2. The number of nitro benzene ring substituents is 1. The molecule has 102 valence electrons. The fraction of sp³-hybridized carbons (Fsp3) is 0.417. The van der Waals surface area contributed by atoms with E-state index in [9.17, 15) is 14.9 Å². The van der Waals surface area contributed by atoms with Crippen LogP contribution in [-0.2, 0) is 0 Å². The Hall–Kier alpha value is -1.76. The summed E-state index contributed by atoms with van der Waals surface area (Å²) in [5, 5.41) is 23.0. The molecule has 2 N–H and O–H groups in total. The Bertz CT molecular complexity index is 501. The number of hydrogen-bond acceptors (Lipinski definition) is 5. The van der Waals surface area contributed by atoms with Gasteiger partial charge in [-0.3, -0.25) is 10.1 Å². The van der Waals surface area contributed by atoms with Crippen LogP contribution in [0.4, 0.5) is 11.4 Å². The van der Waals surface area contributed by atoms with Gasteiger partial charge in [0.25, 0.3) is 5.69 Å². The maximum absolute atomic E-state index is 11.0. The van der Waals surface area contributed by atoms with Crippen molar-refractivity contribution in [2.45, 2.75) is 18.9 Å². The number of carbonyl (C=O) groups is 1. The highest BCUT2D eigenvalue weighted by Crippen LogP contribution is 2.28. The molecular weight excluding hydrogens is 268 g/mol. The molecule has 1 heterocycles. The van der Waals surface area contributed by atoms with Crippen molar-refractivity contribution in [1.82, 2.24) is 0 Å². The third-order valence-corrected chi connectivity index (χ3v) is 4.18. The summed E-state index contributed by atoms with van der Waals surface area (Å²) in [4.78, 5) is 21.3. The van der Waals surface area contributed by atoms with Gasteiger partial charge in [-0.25, -0.2) is 4.79 Å². The number of nitrogens with one attached hydrogen (secondary N) is 1. The quantitative estimate of drug-likeness (QED) is 0.651. The molecule has 2 rings (SSSR count). The zero-order valence-corrected chi connectivity index (χ0v) is 11.0. The Kier molecular flexibility index (Phi) is 4.26. The Labute approximate surface area is 114 Å². The molecule has 1 atom stereocenters. The van der Waals surface area contributed by atoms with Crippen molar-refractivity contribution in [3.05, 3.63) is 33.9 Å². The van der Waals surface area contributed by atoms with Gasteiger partial charge < -0.3 is 10.4 Å². The van der Waals surface area contributed by atoms with Crippen molar-refractivity contribution in [3.8, 4) is 0 Å². The molecule has 6 nitrogen and oxygen atoms in total. The van der Waals surface area contributed by atoms with Gasteiger partial charge in [0.15, 0.2) is 0 Å². The molecule has 1 aliphatic rings. The fourth-order valence-electron chi connectivity index (χ4n) is 2.01. The Morgan fingerprint density at radius 3 is 2.89 bits per heavy atom. The highest BCUT2D eigenvalue weighted by molar-refractivity contribution is 7.99. The monoisotopic (exact) mass is 282 g/mol. The van der Waals surface area contributed by atoms with E-state index in [-0.39, 0.29) is 17.3 Å². The van der Waals surface area contributed by atoms with Gasteiger partial charge in [0, 0.05) is 17.9 Å². The van der Waals surface area contributed by atoms with Crippen molar-refractivity contribution in [1.29, 1.82) is 0 Å². The summed E-state index contributed by atoms with van der Waals surface area (Å²) in [6, 6.07) is 4.16. The predicted molar refractivity (Wildman–Crippen MR) is 74.0 cm³/mol. The summed E-state index contributed by atoms with van der Waals surface area (Å²) in [6.45, 7) is 0. The molecular formula is C12H14N2O4S. The normalized spacial score (nSPS) is 18.8. The highest BCUT2D eigenvalue weighted by atomic mass is 32.2. The highest BCUT2D eigenvalue weighted by Gasteiger charge is 2.21. The van der Waals surface area contributed by atoms with E-state index < -0.39 is 10.9 Å². The topological polar surface area (TPSA) is 92.5 Å². The molecule has 1 aromatic carbocycles. The summed E-state index contributed by atoms with van der Waals surface area (Å²) < 4.78 is 0. The van der Waals surface area contributed by atoms with E-state index in [0.29, 0.717) is 5.69 Å². The molecule has 0 saturated carbocycles. The van der Waals surface area contributed by atoms with Crippen LogP contribution in [0.15, 0.2) is 18.2 Å². The maximum atomic E-state index is 11.0. The average Bonchev–Trinajstić information content (AvgIpc) is 2.39. The standard InChI is InChI=1S/C12H14N2O4S/c15-12(16)8-3-4-10(11(6-8)14(17)18)13-9-2-1-5-19-7-9/h3-4,6,9,13H,1-2,5,7H2,(H,15,16). The van der Waals surface area contributed by atoms with E-state index in [0.717, 1.165) is 30.4 Å². The van der Waals surface area contributed by atoms with Gasteiger partial charge in [-0.2, -0.15) is 11.8 Å². The fourth-order valence-corrected chi connectivity index (χ4v) is 3.08. The van der Waals surface area contributed by atoms with Crippen LogP contribution in [0.3, 0.4) is 0 Å². The molecule has 0 spiro atoms. The minimum atomic E-state index is -1.16. The molecule has 0 amide bonds. The second-order valence-electron chi connectivity index (χ2n) is 4.35. The molecule has 0 aromatic heterocycles. The van der Waals surface area contributed by atoms with Crippen molar-refractivity contribution in [3.63, 3.8) is 0 Å². The first kappa shape index (κ1) is 13.7. The second kappa shape index (κ2) is 5.92. The molecule has 19 heavy (non-hydrogen) atoms. The lowest BCUT2D eigenvalue weighted by Crippen LogP contribution is -2.26. The Morgan fingerprint density at radius 2 is 2.32 bits per heavy atom. The van der Waals surface area contributed by atoms with Crippen LogP contribution in [0.2, 0.25) is 0 Å². The average molecular weight is 282 g/mol. The van der Waals surface area contributed by atoms with Crippen LogP contribution >= 0.6 is 11.8 Å². The van der Waals surface area contributed by atoms with Crippen LogP contribution in [-0.4, -0.2) is 33.5 Å². The number of hydrogen-bond donors (Lipinski definition) is 2. The number of nitro groups is 1. The molecule has 0 aliphatic carbocycles. The first-order chi connectivity index (χ1) is 9.08. The van der Waals surface area contributed by atoms with Crippen molar-refractivity contribution < 1.29 is 14.8 Å². The molecule has 0 bridgehead atoms. The number of nitrogens with zero attached hydrogens (tertiary/aromatic N) is 1. The number of anilines is 1. The summed E-state index contributed by atoms with van der Waals surface area (Å²) in [5.41, 5.74) is 0.133. The summed E-state index contributed by atoms with van der Waals surface area (Å²) >= 11 is 1.82. The van der Waals surface area contributed by atoms with Crippen LogP contribution in [0, 0.1) is 10.1 Å². The van der Waals surface area contributed by atoms with E-state index >= 15 is 0 Å². The first-order valence-corrected chi connectivity index (χ1v) is 7.09. The van der Waals surface area contributed by atoms with Crippen LogP contribution < -0.4 is 5.32 Å². The SMILES string of the molecule is O=C(O)c1ccc(NC2CCCSC2)c([N+](=O)[O-])c1. The lowest BCUT2D eigenvalue weighted by atomic mass is 10.1. The van der Waals surface area contributed by atoms with Gasteiger partial charge >= 0.3 is 5.97 Å². The first-order valence-electron chi connectivity index (χ1n) is 5.94. The smallest absolute Gasteiger partial charge is 0.335 e. The van der Waals surface area contributed by atoms with Crippen molar-refractivity contribution in [2.75, 3.05) is 16.8 Å². The van der Waals surface area contributed by atoms with Gasteiger partial charge in [0.2, 0.25) is 0 Å². The molecule has 1 saturated heterocycles. The second-order valence-corrected chi connectivity index (χ2v) is 5.50. The lowest BCUT2D eigenvalue weighted by Gasteiger charge is -2.23. The third kappa shape index (κ3) is 3.37. The van der Waals surface area contributed by atoms with Gasteiger partial charge in [0.05, 0.1) is 10.5 Å². The van der Waals surface area contributed by atoms with Gasteiger partial charge in [-0.1, -0.05) is 0 Å². The number of aromatic carboxylic acids is 1. The molecule has 1 unspecified atom stereocenters. The summed E-state index contributed by atoms with van der Waals surface area (Å²) in [6.07, 6.45) is 2.06. The number of thioether (sulfide) groups is 1. The molecule has 1 aliphatic heterocycles. The van der Waals surface area contributed by atoms with E-state index in [1.165, 1.54) is 12.1 Å². The summed E-state index contributed by atoms with van der Waals surface area (Å²) in [5.74, 6) is 0.874. The lowest BCUT2D eigenvalue weighted by molar-refractivity contribution is -0.384. The van der Waals surface area contributed by atoms with E-state index in [2.05, 4.69) is 5.32 Å². The number of rotatable bonds is 4. The van der Waals surface area contributed by atoms with E-state index in [1.54, 1.807) is 0 Å². The predicted octanol–water partition coefficient (Wildman–Crippen LogP) is 2.60. The molecule has 7 heteroatoms. The minimum Gasteiger partial charge on any atom is -0.478 e. The van der Waals surface area contributed by atoms with Gasteiger partial charge in [-0.05, 0) is 30.7 Å². The number of carboxylic acids is 1.